The van der Waals surface area contributed by atoms with Crippen LogP contribution in [-0.2, 0) is 57.0 Å². The molecular formula is C41H68O13. The van der Waals surface area contributed by atoms with Crippen molar-refractivity contribution in [3.05, 3.63) is 0 Å². The van der Waals surface area contributed by atoms with Crippen molar-refractivity contribution >= 4 is 17.9 Å². The van der Waals surface area contributed by atoms with Crippen molar-refractivity contribution in [1.29, 1.82) is 0 Å². The molecule has 5 rings (SSSR count). The highest BCUT2D eigenvalue weighted by molar-refractivity contribution is 5.72. The average molecular weight is 769 g/mol. The Morgan fingerprint density at radius 1 is 0.926 bits per heavy atom. The topological polar surface area (TPSA) is 155 Å². The Kier molecular flexibility index (Phi) is 13.3. The maximum Gasteiger partial charge on any atom is 0.311 e. The van der Waals surface area contributed by atoms with Gasteiger partial charge in [-0.1, -0.05) is 41.5 Å². The Morgan fingerprint density at radius 2 is 1.63 bits per heavy atom. The van der Waals surface area contributed by atoms with Crippen LogP contribution in [0.4, 0.5) is 0 Å². The first kappa shape index (κ1) is 43.3. The van der Waals surface area contributed by atoms with Crippen molar-refractivity contribution < 1.29 is 62.1 Å². The van der Waals surface area contributed by atoms with Crippen LogP contribution in [0.5, 0.6) is 0 Å². The average Bonchev–Trinajstić information content (AvgIpc) is 3.83. The van der Waals surface area contributed by atoms with Crippen LogP contribution < -0.4 is 0 Å². The number of aliphatic hydroxyl groups excluding tert-OH is 1. The molecule has 1 N–H and O–H groups in total. The van der Waals surface area contributed by atoms with Crippen LogP contribution >= 0.6 is 0 Å². The molecule has 13 heteroatoms. The summed E-state index contributed by atoms with van der Waals surface area (Å²) in [6, 6.07) is 0. The first-order valence-corrected chi connectivity index (χ1v) is 20.3. The van der Waals surface area contributed by atoms with E-state index in [0.717, 1.165) is 25.7 Å². The van der Waals surface area contributed by atoms with Gasteiger partial charge in [-0.25, -0.2) is 0 Å². The maximum absolute atomic E-state index is 12.5. The van der Waals surface area contributed by atoms with Gasteiger partial charge in [0.15, 0.2) is 12.4 Å². The number of esters is 3. The van der Waals surface area contributed by atoms with E-state index in [-0.39, 0.29) is 66.6 Å². The van der Waals surface area contributed by atoms with Gasteiger partial charge in [-0.2, -0.15) is 0 Å². The van der Waals surface area contributed by atoms with Gasteiger partial charge in [0.05, 0.1) is 67.0 Å². The van der Waals surface area contributed by atoms with E-state index in [4.69, 9.17) is 42.6 Å². The molecule has 13 nitrogen and oxygen atoms in total. The lowest BCUT2D eigenvalue weighted by atomic mass is 9.78. The van der Waals surface area contributed by atoms with Gasteiger partial charge in [-0.05, 0) is 64.2 Å². The molecule has 0 aliphatic carbocycles. The molecule has 5 aliphatic heterocycles. The van der Waals surface area contributed by atoms with E-state index < -0.39 is 58.9 Å². The predicted octanol–water partition coefficient (Wildman–Crippen LogP) is 5.50. The van der Waals surface area contributed by atoms with Crippen molar-refractivity contribution in [1.82, 2.24) is 0 Å². The van der Waals surface area contributed by atoms with Crippen LogP contribution in [-0.4, -0.2) is 109 Å². The lowest BCUT2D eigenvalue weighted by molar-refractivity contribution is -0.336. The monoisotopic (exact) mass is 768 g/mol. The number of hydrogen-bond acceptors (Lipinski definition) is 13. The summed E-state index contributed by atoms with van der Waals surface area (Å²) in [6.07, 6.45) is 2.78. The number of ether oxygens (including phenoxy) is 9. The highest BCUT2D eigenvalue weighted by Gasteiger charge is 2.62. The molecule has 5 saturated heterocycles. The van der Waals surface area contributed by atoms with E-state index in [0.29, 0.717) is 25.7 Å². The Hall–Kier alpha value is -1.87. The molecule has 0 aromatic heterocycles. The molecule has 0 aromatic carbocycles. The Balaban J connectivity index is 1.30. The second kappa shape index (κ2) is 16.5. The predicted molar refractivity (Wildman–Crippen MR) is 196 cm³/mol. The number of rotatable bonds is 12. The Labute approximate surface area is 322 Å². The summed E-state index contributed by atoms with van der Waals surface area (Å²) in [5.74, 6) is -4.59. The summed E-state index contributed by atoms with van der Waals surface area (Å²) >= 11 is 0. The molecule has 0 unspecified atom stereocenters. The van der Waals surface area contributed by atoms with Gasteiger partial charge >= 0.3 is 17.9 Å². The molecule has 0 amide bonds. The highest BCUT2D eigenvalue weighted by Crippen LogP contribution is 2.55. The molecule has 0 saturated carbocycles. The van der Waals surface area contributed by atoms with E-state index in [9.17, 15) is 19.5 Å². The second-order valence-corrected chi connectivity index (χ2v) is 17.7. The minimum Gasteiger partial charge on any atom is -0.469 e. The third-order valence-electron chi connectivity index (χ3n) is 13.8. The smallest absolute Gasteiger partial charge is 0.311 e. The molecule has 5 fully saturated rings. The fourth-order valence-corrected chi connectivity index (χ4v) is 10.7. The molecule has 0 bridgehead atoms. The van der Waals surface area contributed by atoms with Crippen LogP contribution in [0.15, 0.2) is 0 Å². The summed E-state index contributed by atoms with van der Waals surface area (Å²) in [4.78, 5) is 36.6. The van der Waals surface area contributed by atoms with Gasteiger partial charge in [0.2, 0.25) is 0 Å². The van der Waals surface area contributed by atoms with Gasteiger partial charge < -0.3 is 47.7 Å². The summed E-state index contributed by atoms with van der Waals surface area (Å²) in [6.45, 7) is 18.8. The quantitative estimate of drug-likeness (QED) is 0.197. The van der Waals surface area contributed by atoms with Crippen LogP contribution in [0, 0.1) is 35.5 Å². The standard InChI is InChI=1S/C41H68O13/c1-13-39(36-23(3)19-31(49-36)33-22(2)18-24(4)41(53-33,50-29(9)43)21-48-28(8)42)15-14-32(51-39)38(10)16-17-40(54-38)20-30(44)25(5)35(52-40)26(6)34(46-11)27(7)37(45)47-12/h22-27,30-36,44H,13-21H2,1-12H3/t22-,23-,24+,25+,26-,27-,30-,31+,32+,33-,34+,35-,36+,38-,39-,40+,41-/m0/s1. The number of carbonyl (C=O) groups excluding carboxylic acids is 3. The largest absolute Gasteiger partial charge is 0.469 e. The SMILES string of the molecule is CC[C@@]1([C@@H]2O[C@@H]([C@H]3O[C@](COC(C)=O)(OC(C)=O)[C@H](C)C[C@@H]3C)C[C@@H]2C)CC[C@H]([C@]2(C)CC[C@]3(C[C@H](O)[C@@H](C)[C@@H]([C@@H](C)[C@@H](OC)[C@H](C)C(=O)OC)O3)O2)O1. The lowest BCUT2D eigenvalue weighted by Gasteiger charge is -2.49. The molecular weight excluding hydrogens is 700 g/mol. The first-order chi connectivity index (χ1) is 25.3. The van der Waals surface area contributed by atoms with Crippen LogP contribution in [0.2, 0.25) is 0 Å². The fraction of sp³-hybridized carbons (Fsp3) is 0.927. The zero-order valence-corrected chi connectivity index (χ0v) is 34.7. The van der Waals surface area contributed by atoms with Crippen LogP contribution in [0.25, 0.3) is 0 Å². The molecule has 17 atom stereocenters. The summed E-state index contributed by atoms with van der Waals surface area (Å²) < 4.78 is 56.7. The van der Waals surface area contributed by atoms with Gasteiger partial charge in [0.25, 0.3) is 5.79 Å². The number of hydrogen-bond donors (Lipinski definition) is 1. The number of methoxy groups -OCH3 is 2. The highest BCUT2D eigenvalue weighted by atomic mass is 16.8. The van der Waals surface area contributed by atoms with E-state index in [1.165, 1.54) is 21.0 Å². The minimum atomic E-state index is -1.39. The van der Waals surface area contributed by atoms with Crippen LogP contribution in [0.1, 0.15) is 121 Å². The van der Waals surface area contributed by atoms with Gasteiger partial charge in [0.1, 0.15) is 0 Å². The molecule has 5 aliphatic rings. The van der Waals surface area contributed by atoms with Gasteiger partial charge in [0, 0.05) is 51.6 Å². The van der Waals surface area contributed by atoms with E-state index in [2.05, 4.69) is 27.7 Å². The van der Waals surface area contributed by atoms with Crippen molar-refractivity contribution in [2.75, 3.05) is 20.8 Å². The molecule has 0 aromatic rings. The van der Waals surface area contributed by atoms with Crippen molar-refractivity contribution in [3.8, 4) is 0 Å². The van der Waals surface area contributed by atoms with Crippen molar-refractivity contribution in [2.45, 2.75) is 186 Å². The normalized spacial score (nSPS) is 45.5. The van der Waals surface area contributed by atoms with Crippen LogP contribution in [0.3, 0.4) is 0 Å². The molecule has 1 spiro atoms. The lowest BCUT2D eigenvalue weighted by Crippen LogP contribution is -2.58. The summed E-state index contributed by atoms with van der Waals surface area (Å²) in [5.41, 5.74) is -1.21. The number of aliphatic hydroxyl groups is 1. The van der Waals surface area contributed by atoms with Gasteiger partial charge in [-0.15, -0.1) is 0 Å². The fourth-order valence-electron chi connectivity index (χ4n) is 10.7. The van der Waals surface area contributed by atoms with Crippen molar-refractivity contribution in [2.24, 2.45) is 35.5 Å². The molecule has 5 heterocycles. The minimum absolute atomic E-state index is 0.108. The zero-order valence-electron chi connectivity index (χ0n) is 34.7. The third kappa shape index (κ3) is 8.25. The molecule has 0 radical (unpaired) electrons. The zero-order chi connectivity index (χ0) is 40.0. The van der Waals surface area contributed by atoms with Crippen molar-refractivity contribution in [3.63, 3.8) is 0 Å². The van der Waals surface area contributed by atoms with E-state index >= 15 is 0 Å². The Bertz CT molecular complexity index is 1340. The maximum atomic E-state index is 12.5. The van der Waals surface area contributed by atoms with E-state index in [1.54, 1.807) is 14.0 Å². The number of carbonyl (C=O) groups is 3. The van der Waals surface area contributed by atoms with E-state index in [1.807, 2.05) is 20.8 Å². The molecule has 310 valence electrons. The third-order valence-corrected chi connectivity index (χ3v) is 13.8. The van der Waals surface area contributed by atoms with Gasteiger partial charge in [-0.3, -0.25) is 14.4 Å². The summed E-state index contributed by atoms with van der Waals surface area (Å²) in [5, 5.41) is 11.4. The summed E-state index contributed by atoms with van der Waals surface area (Å²) in [7, 11) is 2.96. The molecule has 54 heavy (non-hydrogen) atoms. The first-order valence-electron chi connectivity index (χ1n) is 20.3. The second-order valence-electron chi connectivity index (χ2n) is 17.7. The Morgan fingerprint density at radius 3 is 2.24 bits per heavy atom.